The number of aliphatic hydroxyl groups excluding tert-OH is 1. The molecule has 2 amide bonds. The predicted molar refractivity (Wildman–Crippen MR) is 96.5 cm³/mol. The van der Waals surface area contributed by atoms with Crippen molar-refractivity contribution in [3.05, 3.63) is 35.9 Å². The number of carbonyl (C=O) groups excluding carboxylic acids is 2. The van der Waals surface area contributed by atoms with Gasteiger partial charge in [-0.15, -0.1) is 0 Å². The summed E-state index contributed by atoms with van der Waals surface area (Å²) < 4.78 is 10.6. The van der Waals surface area contributed by atoms with Crippen molar-refractivity contribution in [1.29, 1.82) is 0 Å². The monoisotopic (exact) mass is 364 g/mol. The summed E-state index contributed by atoms with van der Waals surface area (Å²) in [4.78, 5) is 25.9. The van der Waals surface area contributed by atoms with Crippen molar-refractivity contribution >= 4 is 12.2 Å². The Morgan fingerprint density at radius 1 is 1.23 bits per heavy atom. The van der Waals surface area contributed by atoms with Crippen LogP contribution in [0.25, 0.3) is 0 Å². The van der Waals surface area contributed by atoms with Gasteiger partial charge in [0, 0.05) is 19.0 Å². The Morgan fingerprint density at radius 2 is 1.88 bits per heavy atom. The summed E-state index contributed by atoms with van der Waals surface area (Å²) >= 11 is 0. The van der Waals surface area contributed by atoms with Gasteiger partial charge in [0.15, 0.2) is 0 Å². The topological polar surface area (TPSA) is 88.1 Å². The number of alkyl carbamates (subject to hydrolysis) is 1. The molecule has 1 fully saturated rings. The Kier molecular flexibility index (Phi) is 6.47. The second kappa shape index (κ2) is 8.40. The molecule has 0 aromatic heterocycles. The Balaban J connectivity index is 1.93. The van der Waals surface area contributed by atoms with E-state index < -0.39 is 29.9 Å². The molecule has 144 valence electrons. The number of carbonyl (C=O) groups is 2. The smallest absolute Gasteiger partial charge is 0.410 e. The van der Waals surface area contributed by atoms with Crippen LogP contribution in [-0.4, -0.2) is 53.0 Å². The van der Waals surface area contributed by atoms with Gasteiger partial charge in [0.1, 0.15) is 12.2 Å². The molecule has 1 aromatic carbocycles. The molecule has 0 unspecified atom stereocenters. The molecule has 0 aliphatic carbocycles. The Bertz CT molecular complexity index is 614. The van der Waals surface area contributed by atoms with Crippen LogP contribution in [0.3, 0.4) is 0 Å². The van der Waals surface area contributed by atoms with E-state index in [0.717, 1.165) is 5.56 Å². The molecule has 0 spiro atoms. The zero-order chi connectivity index (χ0) is 19.3. The summed E-state index contributed by atoms with van der Waals surface area (Å²) in [6, 6.07) is 8.79. The van der Waals surface area contributed by atoms with Gasteiger partial charge in [-0.05, 0) is 26.3 Å². The first kappa shape index (κ1) is 20.0. The number of benzene rings is 1. The molecular formula is C19H28N2O5. The second-order valence-electron chi connectivity index (χ2n) is 7.67. The van der Waals surface area contributed by atoms with Crippen molar-refractivity contribution in [3.63, 3.8) is 0 Å². The number of likely N-dealkylation sites (tertiary alicyclic amines) is 1. The van der Waals surface area contributed by atoms with E-state index in [1.807, 2.05) is 37.3 Å². The zero-order valence-electron chi connectivity index (χ0n) is 15.8. The molecule has 26 heavy (non-hydrogen) atoms. The van der Waals surface area contributed by atoms with Crippen LogP contribution >= 0.6 is 0 Å². The van der Waals surface area contributed by atoms with Crippen LogP contribution in [0.15, 0.2) is 30.3 Å². The van der Waals surface area contributed by atoms with E-state index in [-0.39, 0.29) is 19.1 Å². The molecule has 0 saturated carbocycles. The van der Waals surface area contributed by atoms with Crippen molar-refractivity contribution < 1.29 is 24.2 Å². The molecule has 2 N–H and O–H groups in total. The Hall–Kier alpha value is -2.28. The molecule has 1 aromatic rings. The van der Waals surface area contributed by atoms with E-state index in [9.17, 15) is 14.7 Å². The van der Waals surface area contributed by atoms with Crippen molar-refractivity contribution in [2.24, 2.45) is 5.92 Å². The van der Waals surface area contributed by atoms with E-state index >= 15 is 0 Å². The molecule has 7 heteroatoms. The SMILES string of the molecule is C[C@H]1CN(C(=O)OCc2ccccc2)C[C@@H](NC(=O)OC(C)(C)C)[C@@H]1O. The third kappa shape index (κ3) is 5.91. The first-order valence-corrected chi connectivity index (χ1v) is 8.79. The maximum Gasteiger partial charge on any atom is 0.410 e. The number of rotatable bonds is 3. The lowest BCUT2D eigenvalue weighted by molar-refractivity contribution is -0.00675. The lowest BCUT2D eigenvalue weighted by Crippen LogP contribution is -2.60. The van der Waals surface area contributed by atoms with Gasteiger partial charge >= 0.3 is 12.2 Å². The maximum absolute atomic E-state index is 12.4. The van der Waals surface area contributed by atoms with Crippen LogP contribution in [0.4, 0.5) is 9.59 Å². The highest BCUT2D eigenvalue weighted by Gasteiger charge is 2.37. The average molecular weight is 364 g/mol. The highest BCUT2D eigenvalue weighted by atomic mass is 16.6. The van der Waals surface area contributed by atoms with Crippen molar-refractivity contribution in [3.8, 4) is 0 Å². The normalized spacial score (nSPS) is 23.3. The third-order valence-corrected chi connectivity index (χ3v) is 4.09. The minimum atomic E-state index is -0.763. The number of aliphatic hydroxyl groups is 1. The molecular weight excluding hydrogens is 336 g/mol. The van der Waals surface area contributed by atoms with Gasteiger partial charge in [-0.3, -0.25) is 0 Å². The van der Waals surface area contributed by atoms with Crippen molar-refractivity contribution in [1.82, 2.24) is 10.2 Å². The number of ether oxygens (including phenoxy) is 2. The van der Waals surface area contributed by atoms with Crippen LogP contribution < -0.4 is 5.32 Å². The van der Waals surface area contributed by atoms with E-state index in [2.05, 4.69) is 5.32 Å². The molecule has 7 nitrogen and oxygen atoms in total. The number of amides is 2. The summed E-state index contributed by atoms with van der Waals surface area (Å²) in [7, 11) is 0. The summed E-state index contributed by atoms with van der Waals surface area (Å²) in [5, 5.41) is 13.0. The summed E-state index contributed by atoms with van der Waals surface area (Å²) in [6.07, 6.45) is -1.85. The van der Waals surface area contributed by atoms with Gasteiger partial charge in [0.2, 0.25) is 0 Å². The second-order valence-corrected chi connectivity index (χ2v) is 7.67. The van der Waals surface area contributed by atoms with E-state index in [1.54, 1.807) is 20.8 Å². The minimum absolute atomic E-state index is 0.165. The standard InChI is InChI=1S/C19H28N2O5/c1-13-10-21(18(24)25-12-14-8-6-5-7-9-14)11-15(16(13)22)20-17(23)26-19(2,3)4/h5-9,13,15-16,22H,10-12H2,1-4H3,(H,20,23)/t13-,15+,16+/m0/s1. The fraction of sp³-hybridized carbons (Fsp3) is 0.579. The fourth-order valence-corrected chi connectivity index (χ4v) is 2.82. The van der Waals surface area contributed by atoms with Crippen molar-refractivity contribution in [2.75, 3.05) is 13.1 Å². The Labute approximate surface area is 154 Å². The van der Waals surface area contributed by atoms with Gasteiger partial charge in [-0.25, -0.2) is 9.59 Å². The molecule has 1 aliphatic rings. The van der Waals surface area contributed by atoms with Crippen LogP contribution in [0, 0.1) is 5.92 Å². The van der Waals surface area contributed by atoms with Gasteiger partial charge in [0.25, 0.3) is 0 Å². The lowest BCUT2D eigenvalue weighted by Gasteiger charge is -2.39. The van der Waals surface area contributed by atoms with Crippen LogP contribution in [0.5, 0.6) is 0 Å². The lowest BCUT2D eigenvalue weighted by atomic mass is 9.93. The highest BCUT2D eigenvalue weighted by Crippen LogP contribution is 2.19. The molecule has 1 heterocycles. The number of nitrogens with one attached hydrogen (secondary N) is 1. The number of nitrogens with zero attached hydrogens (tertiary/aromatic N) is 1. The minimum Gasteiger partial charge on any atom is -0.445 e. The quantitative estimate of drug-likeness (QED) is 0.860. The summed E-state index contributed by atoms with van der Waals surface area (Å²) in [5.74, 6) is -0.201. The van der Waals surface area contributed by atoms with Crippen LogP contribution in [0.2, 0.25) is 0 Å². The Morgan fingerprint density at radius 3 is 2.50 bits per heavy atom. The molecule has 0 bridgehead atoms. The van der Waals surface area contributed by atoms with Crippen LogP contribution in [0.1, 0.15) is 33.3 Å². The maximum atomic E-state index is 12.4. The molecule has 3 atom stereocenters. The molecule has 1 aliphatic heterocycles. The van der Waals surface area contributed by atoms with Gasteiger partial charge in [-0.1, -0.05) is 37.3 Å². The predicted octanol–water partition coefficient (Wildman–Crippen LogP) is 2.53. The number of hydrogen-bond donors (Lipinski definition) is 2. The zero-order valence-corrected chi connectivity index (χ0v) is 15.8. The number of piperidine rings is 1. The largest absolute Gasteiger partial charge is 0.445 e. The number of hydrogen-bond acceptors (Lipinski definition) is 5. The van der Waals surface area contributed by atoms with E-state index in [1.165, 1.54) is 4.90 Å². The fourth-order valence-electron chi connectivity index (χ4n) is 2.82. The molecule has 0 radical (unpaired) electrons. The third-order valence-electron chi connectivity index (χ3n) is 4.09. The first-order valence-electron chi connectivity index (χ1n) is 8.79. The average Bonchev–Trinajstić information content (AvgIpc) is 2.55. The molecule has 2 rings (SSSR count). The van der Waals surface area contributed by atoms with Gasteiger partial charge in [-0.2, -0.15) is 0 Å². The van der Waals surface area contributed by atoms with E-state index in [4.69, 9.17) is 9.47 Å². The highest BCUT2D eigenvalue weighted by molar-refractivity contribution is 5.70. The van der Waals surface area contributed by atoms with Crippen molar-refractivity contribution in [2.45, 2.75) is 52.0 Å². The summed E-state index contributed by atoms with van der Waals surface area (Å²) in [6.45, 7) is 7.82. The van der Waals surface area contributed by atoms with Gasteiger partial charge < -0.3 is 24.8 Å². The van der Waals surface area contributed by atoms with E-state index in [0.29, 0.717) is 6.54 Å². The summed E-state index contributed by atoms with van der Waals surface area (Å²) in [5.41, 5.74) is 0.262. The first-order chi connectivity index (χ1) is 12.2. The van der Waals surface area contributed by atoms with Gasteiger partial charge in [0.05, 0.1) is 12.1 Å². The molecule has 1 saturated heterocycles. The van der Waals surface area contributed by atoms with Crippen LogP contribution in [-0.2, 0) is 16.1 Å².